The second-order valence-electron chi connectivity index (χ2n) is 6.87. The summed E-state index contributed by atoms with van der Waals surface area (Å²) in [5.41, 5.74) is 1.50. The van der Waals surface area contributed by atoms with E-state index in [2.05, 4.69) is 37.4 Å². The predicted octanol–water partition coefficient (Wildman–Crippen LogP) is 2.78. The smallest absolute Gasteiger partial charge is 0.253 e. The Balaban J connectivity index is 1.83. The Kier molecular flexibility index (Phi) is 3.78. The van der Waals surface area contributed by atoms with Crippen LogP contribution in [0.1, 0.15) is 50.3 Å². The van der Waals surface area contributed by atoms with Gasteiger partial charge in [0.1, 0.15) is 0 Å². The van der Waals surface area contributed by atoms with Gasteiger partial charge in [0.2, 0.25) is 0 Å². The molecule has 2 atom stereocenters. The van der Waals surface area contributed by atoms with E-state index in [-0.39, 0.29) is 17.4 Å². The molecule has 0 aromatic heterocycles. The summed E-state index contributed by atoms with van der Waals surface area (Å²) in [6.45, 7) is 4.51. The van der Waals surface area contributed by atoms with Gasteiger partial charge in [-0.2, -0.15) is 11.8 Å². The lowest BCUT2D eigenvalue weighted by atomic mass is 9.71. The van der Waals surface area contributed by atoms with Gasteiger partial charge in [-0.3, -0.25) is 4.79 Å². The summed E-state index contributed by atoms with van der Waals surface area (Å²) < 4.78 is 0. The highest BCUT2D eigenvalue weighted by Crippen LogP contribution is 2.41. The molecule has 2 aliphatic rings. The average Bonchev–Trinajstić information content (AvgIpc) is 2.90. The molecule has 1 aliphatic carbocycles. The van der Waals surface area contributed by atoms with Gasteiger partial charge in [-0.15, -0.1) is 0 Å². The van der Waals surface area contributed by atoms with E-state index >= 15 is 0 Å². The summed E-state index contributed by atoms with van der Waals surface area (Å²) in [7, 11) is 0. The molecule has 1 aliphatic heterocycles. The number of aliphatic hydroxyl groups is 1. The fraction of sp³-hybridized carbons (Fsp3) is 0.588. The van der Waals surface area contributed by atoms with Crippen molar-refractivity contribution in [1.29, 1.82) is 0 Å². The summed E-state index contributed by atoms with van der Waals surface area (Å²) in [5.74, 6) is 1.17. The standard InChI is InChI=1S/C17H23NO2S/c1-16(2)8-7-14(12-5-3-4-6-13(12)16)18-15(19)17(20)9-10-21-11-17/h3-6,14,20H,7-11H2,1-2H3,(H,18,19). The van der Waals surface area contributed by atoms with E-state index in [0.29, 0.717) is 12.2 Å². The molecule has 2 N–H and O–H groups in total. The first-order chi connectivity index (χ1) is 9.92. The van der Waals surface area contributed by atoms with Crippen molar-refractivity contribution < 1.29 is 9.90 Å². The molecule has 21 heavy (non-hydrogen) atoms. The second-order valence-corrected chi connectivity index (χ2v) is 7.98. The predicted molar refractivity (Wildman–Crippen MR) is 86.5 cm³/mol. The minimum Gasteiger partial charge on any atom is -0.379 e. The number of fused-ring (bicyclic) bond motifs is 1. The molecular formula is C17H23NO2S. The molecule has 0 saturated carbocycles. The SMILES string of the molecule is CC1(C)CCC(NC(=O)C2(O)CCSC2)c2ccccc21. The topological polar surface area (TPSA) is 49.3 Å². The van der Waals surface area contributed by atoms with Crippen molar-refractivity contribution in [3.63, 3.8) is 0 Å². The fourth-order valence-electron chi connectivity index (χ4n) is 3.39. The van der Waals surface area contributed by atoms with E-state index < -0.39 is 5.60 Å². The molecule has 0 bridgehead atoms. The molecular weight excluding hydrogens is 282 g/mol. The molecule has 1 aromatic rings. The highest BCUT2D eigenvalue weighted by atomic mass is 32.2. The molecule has 0 radical (unpaired) electrons. The first-order valence-corrected chi connectivity index (χ1v) is 8.78. The number of carbonyl (C=O) groups is 1. The quantitative estimate of drug-likeness (QED) is 0.883. The van der Waals surface area contributed by atoms with Crippen molar-refractivity contribution in [3.8, 4) is 0 Å². The molecule has 3 rings (SSSR count). The van der Waals surface area contributed by atoms with E-state index in [4.69, 9.17) is 0 Å². The number of hydrogen-bond donors (Lipinski definition) is 2. The summed E-state index contributed by atoms with van der Waals surface area (Å²) in [6.07, 6.45) is 2.53. The molecule has 1 fully saturated rings. The molecule has 114 valence electrons. The van der Waals surface area contributed by atoms with Crippen LogP contribution in [-0.4, -0.2) is 28.1 Å². The van der Waals surface area contributed by atoms with Crippen LogP contribution in [-0.2, 0) is 10.2 Å². The third kappa shape index (κ3) is 2.71. The van der Waals surface area contributed by atoms with Gasteiger partial charge >= 0.3 is 0 Å². The third-order valence-corrected chi connectivity index (χ3v) is 6.03. The van der Waals surface area contributed by atoms with Crippen molar-refractivity contribution in [2.45, 2.75) is 50.2 Å². The normalized spacial score (nSPS) is 30.7. The zero-order valence-electron chi connectivity index (χ0n) is 12.7. The second kappa shape index (κ2) is 5.33. The van der Waals surface area contributed by atoms with Crippen LogP contribution in [0.3, 0.4) is 0 Å². The van der Waals surface area contributed by atoms with Crippen molar-refractivity contribution in [2.75, 3.05) is 11.5 Å². The molecule has 1 heterocycles. The number of nitrogens with one attached hydrogen (secondary N) is 1. The Labute approximate surface area is 130 Å². The van der Waals surface area contributed by atoms with Gasteiger partial charge in [-0.1, -0.05) is 38.1 Å². The van der Waals surface area contributed by atoms with Crippen molar-refractivity contribution in [2.24, 2.45) is 0 Å². The van der Waals surface area contributed by atoms with E-state index in [9.17, 15) is 9.90 Å². The summed E-state index contributed by atoms with van der Waals surface area (Å²) >= 11 is 1.65. The molecule has 0 spiro atoms. The molecule has 3 nitrogen and oxygen atoms in total. The summed E-state index contributed by atoms with van der Waals surface area (Å²) in [6, 6.07) is 8.38. The summed E-state index contributed by atoms with van der Waals surface area (Å²) in [5, 5.41) is 13.5. The molecule has 1 aromatic carbocycles. The third-order valence-electron chi connectivity index (χ3n) is 4.85. The van der Waals surface area contributed by atoms with Crippen LogP contribution < -0.4 is 5.32 Å². The van der Waals surface area contributed by atoms with E-state index in [1.54, 1.807) is 11.8 Å². The first-order valence-electron chi connectivity index (χ1n) is 7.63. The van der Waals surface area contributed by atoms with Gasteiger partial charge in [0, 0.05) is 5.75 Å². The van der Waals surface area contributed by atoms with Crippen LogP contribution in [0.2, 0.25) is 0 Å². The zero-order valence-corrected chi connectivity index (χ0v) is 13.5. The van der Waals surface area contributed by atoms with Crippen LogP contribution in [0.15, 0.2) is 24.3 Å². The molecule has 1 saturated heterocycles. The van der Waals surface area contributed by atoms with Gasteiger partial charge in [0.05, 0.1) is 6.04 Å². The highest BCUT2D eigenvalue weighted by Gasteiger charge is 2.41. The number of thioether (sulfide) groups is 1. The van der Waals surface area contributed by atoms with E-state index in [1.807, 2.05) is 6.07 Å². The van der Waals surface area contributed by atoms with Crippen molar-refractivity contribution in [1.82, 2.24) is 5.32 Å². The van der Waals surface area contributed by atoms with Gasteiger partial charge < -0.3 is 10.4 Å². The van der Waals surface area contributed by atoms with Crippen LogP contribution in [0.5, 0.6) is 0 Å². The number of amides is 1. The Bertz CT molecular complexity index is 549. The molecule has 1 amide bonds. The van der Waals surface area contributed by atoms with Gasteiger partial charge in [-0.25, -0.2) is 0 Å². The first kappa shape index (κ1) is 14.9. The van der Waals surface area contributed by atoms with Crippen molar-refractivity contribution >= 4 is 17.7 Å². The lowest BCUT2D eigenvalue weighted by molar-refractivity contribution is -0.138. The molecule has 2 unspecified atom stereocenters. The number of hydrogen-bond acceptors (Lipinski definition) is 3. The Morgan fingerprint density at radius 1 is 1.33 bits per heavy atom. The fourth-order valence-corrected chi connectivity index (χ4v) is 4.63. The molecule has 4 heteroatoms. The van der Waals surface area contributed by atoms with E-state index in [1.165, 1.54) is 11.1 Å². The van der Waals surface area contributed by atoms with Crippen LogP contribution >= 0.6 is 11.8 Å². The number of rotatable bonds is 2. The maximum Gasteiger partial charge on any atom is 0.253 e. The Hall–Kier alpha value is -1.00. The maximum atomic E-state index is 12.4. The van der Waals surface area contributed by atoms with Crippen molar-refractivity contribution in [3.05, 3.63) is 35.4 Å². The van der Waals surface area contributed by atoms with Gasteiger partial charge in [0.25, 0.3) is 5.91 Å². The Morgan fingerprint density at radius 2 is 2.10 bits per heavy atom. The largest absolute Gasteiger partial charge is 0.379 e. The van der Waals surface area contributed by atoms with Gasteiger partial charge in [-0.05, 0) is 41.6 Å². The number of benzene rings is 1. The number of carbonyl (C=O) groups excluding carboxylic acids is 1. The monoisotopic (exact) mass is 305 g/mol. The minimum absolute atomic E-state index is 0.0244. The lowest BCUT2D eigenvalue weighted by Gasteiger charge is -2.38. The van der Waals surface area contributed by atoms with Crippen LogP contribution in [0, 0.1) is 0 Å². The minimum atomic E-state index is -1.17. The maximum absolute atomic E-state index is 12.4. The Morgan fingerprint density at radius 3 is 2.81 bits per heavy atom. The van der Waals surface area contributed by atoms with E-state index in [0.717, 1.165) is 18.6 Å². The zero-order chi connectivity index (χ0) is 15.1. The summed E-state index contributed by atoms with van der Waals surface area (Å²) in [4.78, 5) is 12.4. The highest BCUT2D eigenvalue weighted by molar-refractivity contribution is 7.99. The van der Waals surface area contributed by atoms with Crippen LogP contribution in [0.4, 0.5) is 0 Å². The average molecular weight is 305 g/mol. The lowest BCUT2D eigenvalue weighted by Crippen LogP contribution is -2.49. The van der Waals surface area contributed by atoms with Crippen LogP contribution in [0.25, 0.3) is 0 Å². The van der Waals surface area contributed by atoms with Gasteiger partial charge in [0.15, 0.2) is 5.60 Å².